The van der Waals surface area contributed by atoms with Gasteiger partial charge in [0.15, 0.2) is 5.78 Å². The van der Waals surface area contributed by atoms with Gasteiger partial charge in [-0.05, 0) is 19.1 Å². The van der Waals surface area contributed by atoms with Crippen molar-refractivity contribution in [3.8, 4) is 0 Å². The monoisotopic (exact) mass is 444 g/mol. The molecule has 114 valence electrons. The Balaban J connectivity index is 2.11. The smallest absolute Gasteiger partial charge is 0.289 e. The second-order valence-corrected chi connectivity index (χ2v) is 8.54. The highest BCUT2D eigenvalue weighted by molar-refractivity contribution is 14.1. The molecular formula is C14H12F3IOS2. The van der Waals surface area contributed by atoms with Crippen LogP contribution in [0.2, 0.25) is 0 Å². The van der Waals surface area contributed by atoms with Crippen LogP contribution in [-0.4, -0.2) is 20.7 Å². The number of carbonyl (C=O) groups excluding carboxylic acids is 1. The normalized spacial score (nSPS) is 24.5. The van der Waals surface area contributed by atoms with Crippen molar-refractivity contribution >= 4 is 51.9 Å². The molecule has 0 saturated carbocycles. The van der Waals surface area contributed by atoms with Crippen molar-refractivity contribution in [1.82, 2.24) is 0 Å². The number of hydrogen-bond donors (Lipinski definition) is 0. The minimum Gasteiger partial charge on any atom is -0.289 e. The van der Waals surface area contributed by atoms with Crippen molar-refractivity contribution in [1.29, 1.82) is 0 Å². The van der Waals surface area contributed by atoms with Crippen LogP contribution in [0.4, 0.5) is 13.2 Å². The van der Waals surface area contributed by atoms with Gasteiger partial charge in [-0.1, -0.05) is 34.7 Å². The summed E-state index contributed by atoms with van der Waals surface area (Å²) in [6.45, 7) is 2.14. The van der Waals surface area contributed by atoms with Crippen LogP contribution in [0.3, 0.4) is 0 Å². The van der Waals surface area contributed by atoms with Gasteiger partial charge in [0.05, 0.1) is 5.56 Å². The van der Waals surface area contributed by atoms with Gasteiger partial charge in [0.25, 0.3) is 0 Å². The Morgan fingerprint density at radius 3 is 2.48 bits per heavy atom. The molecule has 1 unspecified atom stereocenters. The Bertz CT molecular complexity index is 569. The zero-order chi connectivity index (χ0) is 15.7. The second-order valence-electron chi connectivity index (χ2n) is 4.88. The zero-order valence-electron chi connectivity index (χ0n) is 11.0. The van der Waals surface area contributed by atoms with Crippen LogP contribution in [0.25, 0.3) is 0 Å². The molecule has 0 radical (unpaired) electrons. The molecule has 0 aliphatic carbocycles. The molecule has 2 rings (SSSR count). The number of alkyl halides is 4. The number of rotatable bonds is 3. The summed E-state index contributed by atoms with van der Waals surface area (Å²) in [5.74, 6) is 0.684. The molecule has 1 aromatic rings. The minimum atomic E-state index is -4.38. The molecule has 7 heteroatoms. The topological polar surface area (TPSA) is 17.1 Å². The van der Waals surface area contributed by atoms with Crippen LogP contribution in [0, 0.1) is 0 Å². The zero-order valence-corrected chi connectivity index (χ0v) is 14.8. The number of hydrogen-bond acceptors (Lipinski definition) is 3. The van der Waals surface area contributed by atoms with Crippen molar-refractivity contribution in [2.45, 2.75) is 17.8 Å². The molecule has 1 aliphatic rings. The second kappa shape index (κ2) is 6.54. The lowest BCUT2D eigenvalue weighted by Crippen LogP contribution is -2.20. The molecule has 1 saturated heterocycles. The summed E-state index contributed by atoms with van der Waals surface area (Å²) in [5, 5.41) is 0. The lowest BCUT2D eigenvalue weighted by atomic mass is 10.1. The lowest BCUT2D eigenvalue weighted by molar-refractivity contribution is -0.137. The van der Waals surface area contributed by atoms with Gasteiger partial charge in [0, 0.05) is 30.8 Å². The van der Waals surface area contributed by atoms with E-state index >= 15 is 0 Å². The molecule has 0 amide bonds. The summed E-state index contributed by atoms with van der Waals surface area (Å²) in [6.07, 6.45) is -2.85. The van der Waals surface area contributed by atoms with E-state index in [0.29, 0.717) is 0 Å². The third-order valence-electron chi connectivity index (χ3n) is 2.90. The Morgan fingerprint density at radius 2 is 2.00 bits per heavy atom. The van der Waals surface area contributed by atoms with Gasteiger partial charge in [-0.2, -0.15) is 13.2 Å². The molecule has 1 fully saturated rings. The molecule has 1 aromatic carbocycles. The molecular weight excluding hydrogens is 432 g/mol. The fourth-order valence-electron chi connectivity index (χ4n) is 1.68. The van der Waals surface area contributed by atoms with Gasteiger partial charge < -0.3 is 0 Å². The van der Waals surface area contributed by atoms with Crippen molar-refractivity contribution in [2.75, 3.05) is 10.2 Å². The van der Waals surface area contributed by atoms with Crippen molar-refractivity contribution < 1.29 is 18.0 Å². The van der Waals surface area contributed by atoms with E-state index in [9.17, 15) is 18.0 Å². The number of carbonyl (C=O) groups is 1. The molecule has 0 N–H and O–H groups in total. The SMILES string of the molecule is CC1(CI)CS/C(=C/C(=O)c2ccc(C(F)(F)F)cc2)S1. The Morgan fingerprint density at radius 1 is 1.38 bits per heavy atom. The van der Waals surface area contributed by atoms with Gasteiger partial charge in [0.1, 0.15) is 0 Å². The molecule has 1 heterocycles. The summed E-state index contributed by atoms with van der Waals surface area (Å²) in [7, 11) is 0. The molecule has 0 bridgehead atoms. The Labute approximate surface area is 143 Å². The first kappa shape index (κ1) is 17.2. The standard InChI is InChI=1S/C14H12F3IOS2/c1-13(7-18)8-20-12(21-13)6-11(19)9-2-4-10(5-3-9)14(15,16)17/h2-6H,7-8H2,1H3/b12-6-. The van der Waals surface area contributed by atoms with Gasteiger partial charge in [-0.15, -0.1) is 23.5 Å². The van der Waals surface area contributed by atoms with Gasteiger partial charge >= 0.3 is 6.18 Å². The maximum absolute atomic E-state index is 12.5. The van der Waals surface area contributed by atoms with E-state index in [1.54, 1.807) is 23.5 Å². The number of ketones is 1. The van der Waals surface area contributed by atoms with Crippen LogP contribution in [0.15, 0.2) is 34.6 Å². The first-order chi connectivity index (χ1) is 9.73. The van der Waals surface area contributed by atoms with Crippen LogP contribution in [0.1, 0.15) is 22.8 Å². The summed E-state index contributed by atoms with van der Waals surface area (Å²) in [5.41, 5.74) is -0.464. The lowest BCUT2D eigenvalue weighted by Gasteiger charge is -2.16. The van der Waals surface area contributed by atoms with Gasteiger partial charge in [0.2, 0.25) is 0 Å². The predicted molar refractivity (Wildman–Crippen MR) is 91.2 cm³/mol. The number of allylic oxidation sites excluding steroid dienone is 1. The molecule has 0 aromatic heterocycles. The predicted octanol–water partition coefficient (Wildman–Crippen LogP) is 5.40. The summed E-state index contributed by atoms with van der Waals surface area (Å²) in [4.78, 5) is 12.1. The van der Waals surface area contributed by atoms with E-state index in [4.69, 9.17) is 0 Å². The number of benzene rings is 1. The van der Waals surface area contributed by atoms with E-state index < -0.39 is 11.7 Å². The Hall–Kier alpha value is -0.150. The van der Waals surface area contributed by atoms with Crippen LogP contribution in [0.5, 0.6) is 0 Å². The van der Waals surface area contributed by atoms with E-state index in [1.165, 1.54) is 18.2 Å². The molecule has 1 nitrogen and oxygen atoms in total. The largest absolute Gasteiger partial charge is 0.416 e. The van der Waals surface area contributed by atoms with Crippen molar-refractivity contribution in [2.24, 2.45) is 0 Å². The van der Waals surface area contributed by atoms with Crippen LogP contribution >= 0.6 is 46.1 Å². The highest BCUT2D eigenvalue weighted by Gasteiger charge is 2.33. The summed E-state index contributed by atoms with van der Waals surface area (Å²) in [6, 6.07) is 4.33. The number of halogens is 4. The maximum atomic E-state index is 12.5. The fourth-order valence-corrected chi connectivity index (χ4v) is 5.65. The highest BCUT2D eigenvalue weighted by Crippen LogP contribution is 2.49. The van der Waals surface area contributed by atoms with E-state index in [1.807, 2.05) is 0 Å². The molecule has 0 spiro atoms. The summed E-state index contributed by atoms with van der Waals surface area (Å²) < 4.78 is 39.4. The van der Waals surface area contributed by atoms with Crippen molar-refractivity contribution in [3.63, 3.8) is 0 Å². The van der Waals surface area contributed by atoms with Crippen molar-refractivity contribution in [3.05, 3.63) is 45.7 Å². The van der Waals surface area contributed by atoms with E-state index in [0.717, 1.165) is 26.6 Å². The maximum Gasteiger partial charge on any atom is 0.416 e. The Kier molecular flexibility index (Phi) is 5.36. The van der Waals surface area contributed by atoms with Gasteiger partial charge in [-0.25, -0.2) is 0 Å². The van der Waals surface area contributed by atoms with E-state index in [-0.39, 0.29) is 16.1 Å². The van der Waals surface area contributed by atoms with Crippen LogP contribution < -0.4 is 0 Å². The third kappa shape index (κ3) is 4.41. The van der Waals surface area contributed by atoms with E-state index in [2.05, 4.69) is 29.5 Å². The van der Waals surface area contributed by atoms with Crippen LogP contribution in [-0.2, 0) is 6.18 Å². The highest BCUT2D eigenvalue weighted by atomic mass is 127. The fraction of sp³-hybridized carbons (Fsp3) is 0.357. The first-order valence-corrected chi connectivity index (χ1v) is 9.37. The third-order valence-corrected chi connectivity index (χ3v) is 8.17. The summed E-state index contributed by atoms with van der Waals surface area (Å²) >= 11 is 5.60. The quantitative estimate of drug-likeness (QED) is 0.269. The average Bonchev–Trinajstić information content (AvgIpc) is 2.80. The minimum absolute atomic E-state index is 0.123. The first-order valence-electron chi connectivity index (χ1n) is 6.05. The molecule has 1 aliphatic heterocycles. The van der Waals surface area contributed by atoms with Gasteiger partial charge in [-0.3, -0.25) is 4.79 Å². The number of thioether (sulfide) groups is 2. The average molecular weight is 444 g/mol. The molecule has 21 heavy (non-hydrogen) atoms. The molecule has 1 atom stereocenters.